The van der Waals surface area contributed by atoms with Crippen LogP contribution in [0, 0.1) is 51.8 Å². The van der Waals surface area contributed by atoms with Gasteiger partial charge in [0.05, 0.1) is 6.07 Å². The van der Waals surface area contributed by atoms with E-state index < -0.39 is 5.92 Å². The van der Waals surface area contributed by atoms with E-state index in [1.165, 1.54) is 6.42 Å². The Morgan fingerprint density at radius 3 is 2.61 bits per heavy atom. The molecule has 0 N–H and O–H groups in total. The predicted octanol–water partition coefficient (Wildman–Crippen LogP) is 3.92. The van der Waals surface area contributed by atoms with Crippen molar-refractivity contribution in [2.24, 2.45) is 40.4 Å². The van der Waals surface area contributed by atoms with Gasteiger partial charge in [-0.25, -0.2) is 0 Å². The van der Waals surface area contributed by atoms with Crippen molar-refractivity contribution in [3.63, 3.8) is 0 Å². The number of nitriles is 1. The number of carbonyl (C=O) groups excluding carboxylic acids is 2. The molecular weight excluding hydrogens is 286 g/mol. The number of fused-ring (bicyclic) bond motifs is 5. The van der Waals surface area contributed by atoms with Crippen molar-refractivity contribution in [2.45, 2.75) is 65.2 Å². The normalized spacial score (nSPS) is 52.3. The van der Waals surface area contributed by atoms with Gasteiger partial charge in [-0.15, -0.1) is 0 Å². The van der Waals surface area contributed by atoms with E-state index in [4.69, 9.17) is 0 Å². The second-order valence-corrected chi connectivity index (χ2v) is 9.13. The van der Waals surface area contributed by atoms with Crippen LogP contribution in [-0.4, -0.2) is 11.6 Å². The summed E-state index contributed by atoms with van der Waals surface area (Å²) in [5.41, 5.74) is 0.0493. The first-order valence-electron chi connectivity index (χ1n) is 9.36. The quantitative estimate of drug-likeness (QED) is 0.681. The average molecular weight is 313 g/mol. The molecule has 124 valence electrons. The Hall–Kier alpha value is -1.17. The number of hydrogen-bond acceptors (Lipinski definition) is 3. The van der Waals surface area contributed by atoms with Crippen molar-refractivity contribution in [3.05, 3.63) is 0 Å². The minimum atomic E-state index is -0.395. The van der Waals surface area contributed by atoms with Crippen molar-refractivity contribution >= 4 is 11.6 Å². The van der Waals surface area contributed by atoms with Gasteiger partial charge in [-0.3, -0.25) is 9.59 Å². The van der Waals surface area contributed by atoms with Crippen LogP contribution in [-0.2, 0) is 9.59 Å². The summed E-state index contributed by atoms with van der Waals surface area (Å²) in [5, 5.41) is 9.37. The summed E-state index contributed by atoms with van der Waals surface area (Å²) in [6, 6.07) is 2.26. The molecule has 4 fully saturated rings. The molecule has 0 heterocycles. The monoisotopic (exact) mass is 313 g/mol. The fourth-order valence-corrected chi connectivity index (χ4v) is 7.02. The van der Waals surface area contributed by atoms with Crippen LogP contribution < -0.4 is 0 Å². The fourth-order valence-electron chi connectivity index (χ4n) is 7.02. The van der Waals surface area contributed by atoms with Gasteiger partial charge in [0.2, 0.25) is 0 Å². The van der Waals surface area contributed by atoms with E-state index in [9.17, 15) is 14.9 Å². The molecule has 3 heteroatoms. The van der Waals surface area contributed by atoms with Gasteiger partial charge in [-0.1, -0.05) is 13.8 Å². The molecule has 0 saturated heterocycles. The molecule has 0 amide bonds. The van der Waals surface area contributed by atoms with Crippen molar-refractivity contribution in [1.82, 2.24) is 0 Å². The minimum absolute atomic E-state index is 0.0799. The predicted molar refractivity (Wildman–Crippen MR) is 86.2 cm³/mol. The second kappa shape index (κ2) is 4.91. The maximum absolute atomic E-state index is 12.4. The maximum atomic E-state index is 12.4. The van der Waals surface area contributed by atoms with E-state index in [0.717, 1.165) is 38.5 Å². The molecule has 0 spiro atoms. The van der Waals surface area contributed by atoms with E-state index in [-0.39, 0.29) is 16.6 Å². The first kappa shape index (κ1) is 15.4. The number of hydrogen-bond donors (Lipinski definition) is 0. The Labute approximate surface area is 138 Å². The summed E-state index contributed by atoms with van der Waals surface area (Å²) >= 11 is 0. The van der Waals surface area contributed by atoms with Gasteiger partial charge in [0, 0.05) is 18.3 Å². The SMILES string of the molecule is C[C@]12CC(C#N)C(=O)CC1CC[C@@H]1[C@@H]2CC[C@]2(C)C(=O)CC[C@@H]12. The molecule has 0 aromatic rings. The lowest BCUT2D eigenvalue weighted by molar-refractivity contribution is -0.147. The number of rotatable bonds is 0. The Morgan fingerprint density at radius 2 is 1.87 bits per heavy atom. The molecule has 0 aromatic heterocycles. The van der Waals surface area contributed by atoms with Gasteiger partial charge in [-0.05, 0) is 67.6 Å². The summed E-state index contributed by atoms with van der Waals surface area (Å²) in [4.78, 5) is 24.6. The molecule has 0 bridgehead atoms. The highest BCUT2D eigenvalue weighted by Crippen LogP contribution is 2.65. The summed E-state index contributed by atoms with van der Waals surface area (Å²) in [5.74, 6) is 2.51. The number of nitrogens with zero attached hydrogens (tertiary/aromatic N) is 1. The van der Waals surface area contributed by atoms with E-state index >= 15 is 0 Å². The molecule has 4 aliphatic rings. The third-order valence-electron chi connectivity index (χ3n) is 8.41. The Balaban J connectivity index is 1.66. The molecule has 0 aliphatic heterocycles. The smallest absolute Gasteiger partial charge is 0.150 e. The zero-order valence-electron chi connectivity index (χ0n) is 14.3. The molecule has 0 aromatic carbocycles. The third kappa shape index (κ3) is 1.93. The van der Waals surface area contributed by atoms with E-state index in [0.29, 0.717) is 35.9 Å². The minimum Gasteiger partial charge on any atom is -0.299 e. The Morgan fingerprint density at radius 1 is 1.09 bits per heavy atom. The number of carbonyl (C=O) groups is 2. The largest absolute Gasteiger partial charge is 0.299 e. The van der Waals surface area contributed by atoms with E-state index in [1.54, 1.807) is 0 Å². The second-order valence-electron chi connectivity index (χ2n) is 9.13. The molecule has 23 heavy (non-hydrogen) atoms. The standard InChI is InChI=1S/C20H27NO2/c1-19-8-7-16-14(15(19)5-6-18(19)23)4-3-13-9-17(22)12(11-21)10-20(13,16)2/h12-16H,3-10H2,1-2H3/t12?,13?,14-,15-,16-,19-,20-/m0/s1. The fraction of sp³-hybridized carbons (Fsp3) is 0.850. The molecule has 4 rings (SSSR count). The van der Waals surface area contributed by atoms with Crippen LogP contribution in [0.15, 0.2) is 0 Å². The average Bonchev–Trinajstić information content (AvgIpc) is 2.83. The molecule has 2 unspecified atom stereocenters. The van der Waals surface area contributed by atoms with Crippen LogP contribution in [0.4, 0.5) is 0 Å². The number of ketones is 2. The summed E-state index contributed by atoms with van der Waals surface area (Å²) in [7, 11) is 0. The van der Waals surface area contributed by atoms with E-state index in [1.807, 2.05) is 0 Å². The lowest BCUT2D eigenvalue weighted by atomic mass is 9.44. The molecule has 4 aliphatic carbocycles. The zero-order chi connectivity index (χ0) is 16.4. The van der Waals surface area contributed by atoms with Crippen LogP contribution in [0.5, 0.6) is 0 Å². The zero-order valence-corrected chi connectivity index (χ0v) is 14.3. The van der Waals surface area contributed by atoms with Gasteiger partial charge in [0.15, 0.2) is 0 Å². The topological polar surface area (TPSA) is 57.9 Å². The lowest BCUT2D eigenvalue weighted by Gasteiger charge is -2.59. The summed E-state index contributed by atoms with van der Waals surface area (Å²) in [6.07, 6.45) is 7.63. The maximum Gasteiger partial charge on any atom is 0.150 e. The highest BCUT2D eigenvalue weighted by molar-refractivity contribution is 5.87. The molecule has 7 atom stereocenters. The number of Topliss-reactive ketones (excluding diaryl/α,β-unsaturated/α-hetero) is 2. The molecular formula is C20H27NO2. The summed E-state index contributed by atoms with van der Waals surface area (Å²) < 4.78 is 0. The van der Waals surface area contributed by atoms with Crippen LogP contribution in [0.3, 0.4) is 0 Å². The van der Waals surface area contributed by atoms with Gasteiger partial charge in [0.25, 0.3) is 0 Å². The van der Waals surface area contributed by atoms with Crippen molar-refractivity contribution < 1.29 is 9.59 Å². The Kier molecular flexibility index (Phi) is 3.28. The molecule has 0 radical (unpaired) electrons. The van der Waals surface area contributed by atoms with Crippen molar-refractivity contribution in [2.75, 3.05) is 0 Å². The highest BCUT2D eigenvalue weighted by atomic mass is 16.1. The third-order valence-corrected chi connectivity index (χ3v) is 8.41. The first-order chi connectivity index (χ1) is 10.9. The summed E-state index contributed by atoms with van der Waals surface area (Å²) in [6.45, 7) is 4.56. The van der Waals surface area contributed by atoms with Crippen LogP contribution in [0.25, 0.3) is 0 Å². The first-order valence-corrected chi connectivity index (χ1v) is 9.36. The van der Waals surface area contributed by atoms with Gasteiger partial charge in [0.1, 0.15) is 17.5 Å². The van der Waals surface area contributed by atoms with Crippen LogP contribution in [0.2, 0.25) is 0 Å². The van der Waals surface area contributed by atoms with Gasteiger partial charge in [-0.2, -0.15) is 5.26 Å². The van der Waals surface area contributed by atoms with Crippen LogP contribution >= 0.6 is 0 Å². The molecule has 4 saturated carbocycles. The van der Waals surface area contributed by atoms with Gasteiger partial charge >= 0.3 is 0 Å². The Bertz CT molecular complexity index is 605. The van der Waals surface area contributed by atoms with Crippen molar-refractivity contribution in [3.8, 4) is 6.07 Å². The van der Waals surface area contributed by atoms with Crippen LogP contribution in [0.1, 0.15) is 65.2 Å². The van der Waals surface area contributed by atoms with Gasteiger partial charge < -0.3 is 0 Å². The highest BCUT2D eigenvalue weighted by Gasteiger charge is 2.61. The van der Waals surface area contributed by atoms with Crippen molar-refractivity contribution in [1.29, 1.82) is 5.26 Å². The lowest BCUT2D eigenvalue weighted by Crippen LogP contribution is -2.54. The van der Waals surface area contributed by atoms with E-state index in [2.05, 4.69) is 19.9 Å². The molecule has 3 nitrogen and oxygen atoms in total.